The largest absolute Gasteiger partial charge is 0.469 e. The van der Waals surface area contributed by atoms with Gasteiger partial charge < -0.3 is 4.74 Å². The average Bonchev–Trinajstić information content (AvgIpc) is 3.41. The number of benzene rings is 2. The van der Waals surface area contributed by atoms with Crippen molar-refractivity contribution in [1.82, 2.24) is 9.78 Å². The summed E-state index contributed by atoms with van der Waals surface area (Å²) in [4.78, 5) is 13.0. The Morgan fingerprint density at radius 3 is 2.48 bits per heavy atom. The lowest BCUT2D eigenvalue weighted by Gasteiger charge is -2.08. The molecule has 0 bridgehead atoms. The average molecular weight is 491 g/mol. The number of carbonyl (C=O) groups is 1. The summed E-state index contributed by atoms with van der Waals surface area (Å²) in [5.41, 5.74) is 2.37. The Morgan fingerprint density at radius 1 is 1.09 bits per heavy atom. The number of aromatic nitrogens is 2. The van der Waals surface area contributed by atoms with Gasteiger partial charge in [0, 0.05) is 4.88 Å². The van der Waals surface area contributed by atoms with Crippen LogP contribution in [0, 0.1) is 6.92 Å². The molecule has 0 aliphatic carbocycles. The van der Waals surface area contributed by atoms with Crippen molar-refractivity contribution in [3.05, 3.63) is 82.5 Å². The lowest BCUT2D eigenvalue weighted by Crippen LogP contribution is -2.07. The Bertz CT molecular complexity index is 1330. The molecule has 33 heavy (non-hydrogen) atoms. The molecule has 9 heteroatoms. The fourth-order valence-electron chi connectivity index (χ4n) is 3.47. The zero-order valence-corrected chi connectivity index (χ0v) is 19.2. The van der Waals surface area contributed by atoms with Gasteiger partial charge >= 0.3 is 12.1 Å². The molecule has 0 atom stereocenters. The highest BCUT2D eigenvalue weighted by Crippen LogP contribution is 2.40. The fraction of sp³-hybridized carbons (Fsp3) is 0.167. The SMILES string of the molecule is COC(=O)Cc1ccc(-c2ccc(-c3cc(C(F)(F)F)nn3-c3ccccc3Cl)s2)c(C)c1. The number of esters is 1. The quantitative estimate of drug-likeness (QED) is 0.284. The summed E-state index contributed by atoms with van der Waals surface area (Å²) in [6.07, 6.45) is -4.42. The second-order valence-electron chi connectivity index (χ2n) is 7.34. The van der Waals surface area contributed by atoms with E-state index in [1.165, 1.54) is 23.1 Å². The Labute approximate surface area is 197 Å². The number of nitrogens with zero attached hydrogens (tertiary/aromatic N) is 2. The molecule has 2 aromatic heterocycles. The normalized spacial score (nSPS) is 11.6. The van der Waals surface area contributed by atoms with E-state index >= 15 is 0 Å². The molecular weight excluding hydrogens is 473 g/mol. The minimum atomic E-state index is -4.59. The highest BCUT2D eigenvalue weighted by molar-refractivity contribution is 7.18. The molecule has 2 aromatic carbocycles. The highest BCUT2D eigenvalue weighted by Gasteiger charge is 2.35. The summed E-state index contributed by atoms with van der Waals surface area (Å²) in [5, 5.41) is 4.10. The van der Waals surface area contributed by atoms with E-state index in [2.05, 4.69) is 5.10 Å². The maximum absolute atomic E-state index is 13.5. The highest BCUT2D eigenvalue weighted by atomic mass is 35.5. The van der Waals surface area contributed by atoms with Crippen LogP contribution < -0.4 is 0 Å². The van der Waals surface area contributed by atoms with Crippen LogP contribution in [0.3, 0.4) is 0 Å². The number of thiophene rings is 1. The van der Waals surface area contributed by atoms with Crippen molar-refractivity contribution < 1.29 is 22.7 Å². The number of methoxy groups -OCH3 is 1. The molecule has 0 saturated carbocycles. The Morgan fingerprint density at radius 2 is 1.82 bits per heavy atom. The molecule has 4 nitrogen and oxygen atoms in total. The number of aryl methyl sites for hydroxylation is 1. The summed E-state index contributed by atoms with van der Waals surface area (Å²) in [7, 11) is 1.34. The summed E-state index contributed by atoms with van der Waals surface area (Å²) < 4.78 is 46.3. The predicted octanol–water partition coefficient (Wildman–Crippen LogP) is 6.96. The topological polar surface area (TPSA) is 44.1 Å². The smallest absolute Gasteiger partial charge is 0.435 e. The number of halogens is 4. The van der Waals surface area contributed by atoms with Gasteiger partial charge in [-0.3, -0.25) is 4.79 Å². The molecule has 0 N–H and O–H groups in total. The molecule has 0 radical (unpaired) electrons. The fourth-order valence-corrected chi connectivity index (χ4v) is 4.79. The van der Waals surface area contributed by atoms with E-state index in [0.29, 0.717) is 21.3 Å². The lowest BCUT2D eigenvalue weighted by molar-refractivity contribution is -0.141. The molecule has 0 amide bonds. The molecule has 0 fully saturated rings. The van der Waals surface area contributed by atoms with Gasteiger partial charge in [0.25, 0.3) is 0 Å². The first-order valence-corrected chi connectivity index (χ1v) is 11.1. The maximum atomic E-state index is 13.5. The van der Waals surface area contributed by atoms with E-state index in [-0.39, 0.29) is 12.4 Å². The number of alkyl halides is 3. The number of rotatable bonds is 5. The van der Waals surface area contributed by atoms with Gasteiger partial charge in [-0.05, 0) is 53.9 Å². The van der Waals surface area contributed by atoms with E-state index in [1.807, 2.05) is 31.2 Å². The van der Waals surface area contributed by atoms with E-state index < -0.39 is 11.9 Å². The molecule has 2 heterocycles. The predicted molar refractivity (Wildman–Crippen MR) is 123 cm³/mol. The van der Waals surface area contributed by atoms with Crippen LogP contribution in [-0.4, -0.2) is 22.9 Å². The van der Waals surface area contributed by atoms with Crippen LogP contribution >= 0.6 is 22.9 Å². The zero-order valence-electron chi connectivity index (χ0n) is 17.6. The standard InChI is InChI=1S/C24H18ClF3N2O2S/c1-14-11-15(12-23(31)32-2)7-8-16(14)20-9-10-21(33-20)19-13-22(24(26,27)28)29-30(19)18-6-4-3-5-17(18)25/h3-11,13H,12H2,1-2H3. The number of hydrogen-bond donors (Lipinski definition) is 0. The van der Waals surface area contributed by atoms with Crippen LogP contribution in [0.2, 0.25) is 5.02 Å². The van der Waals surface area contributed by atoms with Gasteiger partial charge in [0.05, 0.1) is 34.8 Å². The number of carbonyl (C=O) groups excluding carboxylic acids is 1. The van der Waals surface area contributed by atoms with Crippen molar-refractivity contribution in [3.63, 3.8) is 0 Å². The second kappa shape index (κ2) is 9.03. The van der Waals surface area contributed by atoms with Gasteiger partial charge in [-0.2, -0.15) is 18.3 Å². The van der Waals surface area contributed by atoms with Crippen molar-refractivity contribution in [3.8, 4) is 26.7 Å². The summed E-state index contributed by atoms with van der Waals surface area (Å²) >= 11 is 7.61. The lowest BCUT2D eigenvalue weighted by atomic mass is 10.0. The first-order chi connectivity index (χ1) is 15.7. The minimum Gasteiger partial charge on any atom is -0.469 e. The number of ether oxygens (including phenoxy) is 1. The minimum absolute atomic E-state index is 0.171. The Hall–Kier alpha value is -3.10. The molecular formula is C24H18ClF3N2O2S. The van der Waals surface area contributed by atoms with Crippen molar-refractivity contribution in [2.24, 2.45) is 0 Å². The third kappa shape index (κ3) is 4.82. The van der Waals surface area contributed by atoms with E-state index in [1.54, 1.807) is 30.3 Å². The first-order valence-electron chi connectivity index (χ1n) is 9.86. The molecule has 0 spiro atoms. The van der Waals surface area contributed by atoms with Gasteiger partial charge in [0.15, 0.2) is 5.69 Å². The third-order valence-electron chi connectivity index (χ3n) is 5.07. The molecule has 0 unspecified atom stereocenters. The summed E-state index contributed by atoms with van der Waals surface area (Å²) in [6, 6.07) is 16.9. The molecule has 0 aliphatic heterocycles. The van der Waals surface area contributed by atoms with Crippen LogP contribution in [0.1, 0.15) is 16.8 Å². The van der Waals surface area contributed by atoms with Crippen LogP contribution in [0.5, 0.6) is 0 Å². The van der Waals surface area contributed by atoms with Crippen LogP contribution in [0.4, 0.5) is 13.2 Å². The summed E-state index contributed by atoms with van der Waals surface area (Å²) in [5.74, 6) is -0.325. The van der Waals surface area contributed by atoms with Gasteiger partial charge in [-0.25, -0.2) is 4.68 Å². The van der Waals surface area contributed by atoms with Crippen molar-refractivity contribution in [2.75, 3.05) is 7.11 Å². The van der Waals surface area contributed by atoms with Gasteiger partial charge in [0.2, 0.25) is 0 Å². The summed E-state index contributed by atoms with van der Waals surface area (Å²) in [6.45, 7) is 1.92. The van der Waals surface area contributed by atoms with E-state index in [9.17, 15) is 18.0 Å². The molecule has 0 saturated heterocycles. The monoisotopic (exact) mass is 490 g/mol. The van der Waals surface area contributed by atoms with Crippen molar-refractivity contribution in [1.29, 1.82) is 0 Å². The Kier molecular flexibility index (Phi) is 6.32. The van der Waals surface area contributed by atoms with E-state index in [0.717, 1.165) is 27.6 Å². The molecule has 4 aromatic rings. The van der Waals surface area contributed by atoms with Gasteiger partial charge in [-0.1, -0.05) is 41.9 Å². The van der Waals surface area contributed by atoms with E-state index in [4.69, 9.17) is 16.3 Å². The van der Waals surface area contributed by atoms with Crippen LogP contribution in [-0.2, 0) is 22.1 Å². The molecule has 4 rings (SSSR count). The third-order valence-corrected chi connectivity index (χ3v) is 6.53. The molecule has 170 valence electrons. The Balaban J connectivity index is 1.75. The van der Waals surface area contributed by atoms with Crippen LogP contribution in [0.25, 0.3) is 26.7 Å². The maximum Gasteiger partial charge on any atom is 0.435 e. The second-order valence-corrected chi connectivity index (χ2v) is 8.83. The van der Waals surface area contributed by atoms with Crippen molar-refractivity contribution in [2.45, 2.75) is 19.5 Å². The van der Waals surface area contributed by atoms with Gasteiger partial charge in [0.1, 0.15) is 0 Å². The van der Waals surface area contributed by atoms with Crippen molar-refractivity contribution >= 4 is 28.9 Å². The number of para-hydroxylation sites is 1. The molecule has 0 aliphatic rings. The zero-order chi connectivity index (χ0) is 23.8. The van der Waals surface area contributed by atoms with Crippen LogP contribution in [0.15, 0.2) is 60.7 Å². The first kappa shape index (κ1) is 23.1. The van der Waals surface area contributed by atoms with Gasteiger partial charge in [-0.15, -0.1) is 11.3 Å². The number of hydrogen-bond acceptors (Lipinski definition) is 4.